The molecule has 106 valence electrons. The normalized spacial score (nSPS) is 17.2. The predicted octanol–water partition coefficient (Wildman–Crippen LogP) is 0.438. The van der Waals surface area contributed by atoms with Crippen molar-refractivity contribution in [1.29, 1.82) is 0 Å². The summed E-state index contributed by atoms with van der Waals surface area (Å²) in [6.07, 6.45) is 5.94. The van der Waals surface area contributed by atoms with Crippen LogP contribution in [0.3, 0.4) is 0 Å². The van der Waals surface area contributed by atoms with Crippen LogP contribution in [0, 0.1) is 0 Å². The first-order valence-corrected chi connectivity index (χ1v) is 7.57. The third kappa shape index (κ3) is 2.95. The summed E-state index contributed by atoms with van der Waals surface area (Å²) in [4.78, 5) is 11.0. The van der Waals surface area contributed by atoms with E-state index in [2.05, 4.69) is 5.10 Å². The fraction of sp³-hybridized carbons (Fsp3) is 0.636. The third-order valence-electron chi connectivity index (χ3n) is 3.31. The Morgan fingerprint density at radius 2 is 2.16 bits per heavy atom. The van der Waals surface area contributed by atoms with Crippen LogP contribution in [0.2, 0.25) is 0 Å². The zero-order chi connectivity index (χ0) is 14.0. The number of aromatic nitrogens is 2. The van der Waals surface area contributed by atoms with Gasteiger partial charge in [-0.1, -0.05) is 12.8 Å². The number of carboxylic acid groups (broad SMARTS) is 1. The van der Waals surface area contributed by atoms with Gasteiger partial charge in [0.2, 0.25) is 10.0 Å². The summed E-state index contributed by atoms with van der Waals surface area (Å²) in [5.74, 6) is -1.14. The lowest BCUT2D eigenvalue weighted by Gasteiger charge is -2.25. The van der Waals surface area contributed by atoms with Gasteiger partial charge in [0.05, 0.1) is 6.20 Å². The molecule has 0 aromatic carbocycles. The molecular weight excluding hydrogens is 270 g/mol. The number of sulfonamides is 1. The fourth-order valence-corrected chi connectivity index (χ4v) is 4.02. The van der Waals surface area contributed by atoms with Crippen LogP contribution < -0.4 is 0 Å². The topological polar surface area (TPSA) is 92.5 Å². The number of nitrogens with zero attached hydrogens (tertiary/aromatic N) is 3. The van der Waals surface area contributed by atoms with Gasteiger partial charge in [-0.25, -0.2) is 8.42 Å². The van der Waals surface area contributed by atoms with Crippen LogP contribution in [0.5, 0.6) is 0 Å². The predicted molar refractivity (Wildman–Crippen MR) is 67.0 cm³/mol. The van der Waals surface area contributed by atoms with Crippen molar-refractivity contribution in [3.8, 4) is 0 Å². The van der Waals surface area contributed by atoms with E-state index < -0.39 is 22.5 Å². The maximum absolute atomic E-state index is 12.5. The van der Waals surface area contributed by atoms with Crippen molar-refractivity contribution in [1.82, 2.24) is 14.1 Å². The lowest BCUT2D eigenvalue weighted by atomic mass is 10.2. The van der Waals surface area contributed by atoms with Crippen molar-refractivity contribution in [3.05, 3.63) is 12.4 Å². The SMILES string of the molecule is Cn1cc(S(=O)(=O)N(CC(=O)O)C2CCCC2)cn1. The van der Waals surface area contributed by atoms with Crippen LogP contribution in [0.4, 0.5) is 0 Å². The molecule has 0 saturated heterocycles. The minimum atomic E-state index is -3.79. The highest BCUT2D eigenvalue weighted by Gasteiger charge is 2.35. The highest BCUT2D eigenvalue weighted by Crippen LogP contribution is 2.28. The molecule has 7 nitrogen and oxygen atoms in total. The van der Waals surface area contributed by atoms with Gasteiger partial charge in [-0.05, 0) is 12.8 Å². The molecule has 1 heterocycles. The van der Waals surface area contributed by atoms with E-state index in [4.69, 9.17) is 5.11 Å². The molecule has 0 aliphatic heterocycles. The van der Waals surface area contributed by atoms with Gasteiger partial charge in [-0.15, -0.1) is 0 Å². The van der Waals surface area contributed by atoms with E-state index in [1.165, 1.54) is 17.1 Å². The van der Waals surface area contributed by atoms with E-state index in [1.54, 1.807) is 7.05 Å². The summed E-state index contributed by atoms with van der Waals surface area (Å²) in [6.45, 7) is -0.498. The highest BCUT2D eigenvalue weighted by atomic mass is 32.2. The zero-order valence-electron chi connectivity index (χ0n) is 10.7. The van der Waals surface area contributed by atoms with E-state index in [-0.39, 0.29) is 10.9 Å². The number of hydrogen-bond donors (Lipinski definition) is 1. The van der Waals surface area contributed by atoms with Gasteiger partial charge in [0.15, 0.2) is 0 Å². The van der Waals surface area contributed by atoms with Gasteiger partial charge in [0, 0.05) is 19.3 Å². The van der Waals surface area contributed by atoms with Crippen LogP contribution in [-0.4, -0.2) is 46.2 Å². The van der Waals surface area contributed by atoms with Crippen molar-refractivity contribution < 1.29 is 18.3 Å². The molecule has 0 amide bonds. The maximum atomic E-state index is 12.5. The van der Waals surface area contributed by atoms with E-state index >= 15 is 0 Å². The minimum absolute atomic E-state index is 0.0446. The summed E-state index contributed by atoms with van der Waals surface area (Å²) >= 11 is 0. The van der Waals surface area contributed by atoms with Crippen molar-refractivity contribution in [2.75, 3.05) is 6.54 Å². The lowest BCUT2D eigenvalue weighted by molar-refractivity contribution is -0.137. The number of carboxylic acids is 1. The smallest absolute Gasteiger partial charge is 0.318 e. The molecule has 1 N–H and O–H groups in total. The maximum Gasteiger partial charge on any atom is 0.318 e. The molecule has 2 rings (SSSR count). The third-order valence-corrected chi connectivity index (χ3v) is 5.16. The monoisotopic (exact) mass is 287 g/mol. The Bertz CT molecular complexity index is 560. The van der Waals surface area contributed by atoms with Crippen molar-refractivity contribution in [2.45, 2.75) is 36.6 Å². The van der Waals surface area contributed by atoms with Crippen LogP contribution in [-0.2, 0) is 21.9 Å². The molecule has 0 bridgehead atoms. The largest absolute Gasteiger partial charge is 0.480 e. The molecule has 1 aromatic rings. The second kappa shape index (κ2) is 5.30. The number of aliphatic carboxylic acids is 1. The molecule has 1 saturated carbocycles. The standard InChI is InChI=1S/C11H17N3O4S/c1-13-7-10(6-12-13)19(17,18)14(8-11(15)16)9-4-2-3-5-9/h6-7,9H,2-5,8H2,1H3,(H,15,16). The lowest BCUT2D eigenvalue weighted by Crippen LogP contribution is -2.42. The summed E-state index contributed by atoms with van der Waals surface area (Å²) < 4.78 is 27.4. The van der Waals surface area contributed by atoms with E-state index in [1.807, 2.05) is 0 Å². The molecule has 0 radical (unpaired) electrons. The van der Waals surface area contributed by atoms with Gasteiger partial charge in [-0.3, -0.25) is 9.48 Å². The number of rotatable bonds is 5. The Labute approximate surface area is 111 Å². The Morgan fingerprint density at radius 3 is 2.63 bits per heavy atom. The van der Waals surface area contributed by atoms with E-state index in [0.29, 0.717) is 12.8 Å². The number of hydrogen-bond acceptors (Lipinski definition) is 4. The first-order chi connectivity index (χ1) is 8.91. The highest BCUT2D eigenvalue weighted by molar-refractivity contribution is 7.89. The van der Waals surface area contributed by atoms with Gasteiger partial charge in [-0.2, -0.15) is 9.40 Å². The molecule has 1 fully saturated rings. The van der Waals surface area contributed by atoms with Crippen molar-refractivity contribution in [2.24, 2.45) is 7.05 Å². The summed E-state index contributed by atoms with van der Waals surface area (Å²) in [7, 11) is -2.17. The Kier molecular flexibility index (Phi) is 3.91. The fourth-order valence-electron chi connectivity index (χ4n) is 2.40. The van der Waals surface area contributed by atoms with Crippen LogP contribution in [0.15, 0.2) is 17.3 Å². The summed E-state index contributed by atoms with van der Waals surface area (Å²) in [6, 6.07) is -0.221. The number of carbonyl (C=O) groups is 1. The van der Waals surface area contributed by atoms with E-state index in [0.717, 1.165) is 17.1 Å². The minimum Gasteiger partial charge on any atom is -0.480 e. The van der Waals surface area contributed by atoms with E-state index in [9.17, 15) is 13.2 Å². The van der Waals surface area contributed by atoms with Gasteiger partial charge in [0.1, 0.15) is 11.4 Å². The second-order valence-electron chi connectivity index (χ2n) is 4.73. The Hall–Kier alpha value is -1.41. The van der Waals surface area contributed by atoms with Crippen LogP contribution in [0.1, 0.15) is 25.7 Å². The average Bonchev–Trinajstić information content (AvgIpc) is 2.96. The molecule has 8 heteroatoms. The van der Waals surface area contributed by atoms with Crippen molar-refractivity contribution >= 4 is 16.0 Å². The quantitative estimate of drug-likeness (QED) is 0.848. The first-order valence-electron chi connectivity index (χ1n) is 6.13. The summed E-state index contributed by atoms with van der Waals surface area (Å²) in [5, 5.41) is 12.8. The Balaban J connectivity index is 2.33. The molecular formula is C11H17N3O4S. The molecule has 1 aliphatic carbocycles. The molecule has 1 aliphatic rings. The van der Waals surface area contributed by atoms with Gasteiger partial charge < -0.3 is 5.11 Å². The number of aryl methyl sites for hydroxylation is 1. The molecule has 0 atom stereocenters. The second-order valence-corrected chi connectivity index (χ2v) is 6.62. The molecule has 0 unspecified atom stereocenters. The first kappa shape index (κ1) is 14.0. The molecule has 19 heavy (non-hydrogen) atoms. The summed E-state index contributed by atoms with van der Waals surface area (Å²) in [5.41, 5.74) is 0. The molecule has 1 aromatic heterocycles. The average molecular weight is 287 g/mol. The van der Waals surface area contributed by atoms with Crippen LogP contribution in [0.25, 0.3) is 0 Å². The zero-order valence-corrected chi connectivity index (χ0v) is 11.5. The van der Waals surface area contributed by atoms with Crippen molar-refractivity contribution in [3.63, 3.8) is 0 Å². The van der Waals surface area contributed by atoms with Crippen LogP contribution >= 0.6 is 0 Å². The van der Waals surface area contributed by atoms with Gasteiger partial charge in [0.25, 0.3) is 0 Å². The Morgan fingerprint density at radius 1 is 1.53 bits per heavy atom. The van der Waals surface area contributed by atoms with Gasteiger partial charge >= 0.3 is 5.97 Å². The molecule has 0 spiro atoms.